The molecule has 0 fully saturated rings. The molecule has 0 unspecified atom stereocenters. The first-order valence-electron chi connectivity index (χ1n) is 6.31. The van der Waals surface area contributed by atoms with Crippen LogP contribution in [0.5, 0.6) is 0 Å². The molecule has 2 rings (SSSR count). The second-order valence-electron chi connectivity index (χ2n) is 5.49. The maximum atomic E-state index is 11.8. The fourth-order valence-electron chi connectivity index (χ4n) is 2.04. The van der Waals surface area contributed by atoms with Gasteiger partial charge in [0.15, 0.2) is 0 Å². The van der Waals surface area contributed by atoms with Gasteiger partial charge in [-0.15, -0.1) is 0 Å². The smallest absolute Gasteiger partial charge is 0.412 e. The van der Waals surface area contributed by atoms with Crippen molar-refractivity contribution in [2.45, 2.75) is 39.2 Å². The number of carbonyl (C=O) groups is 1. The lowest BCUT2D eigenvalue weighted by Gasteiger charge is -2.23. The molecule has 4 nitrogen and oxygen atoms in total. The molecule has 0 radical (unpaired) electrons. The van der Waals surface area contributed by atoms with Crippen molar-refractivity contribution in [2.75, 3.05) is 17.2 Å². The number of anilines is 2. The van der Waals surface area contributed by atoms with E-state index in [0.717, 1.165) is 36.3 Å². The third kappa shape index (κ3) is 3.15. The van der Waals surface area contributed by atoms with Crippen LogP contribution in [0.15, 0.2) is 18.2 Å². The van der Waals surface area contributed by atoms with E-state index in [1.54, 1.807) is 0 Å². The fourth-order valence-corrected chi connectivity index (χ4v) is 2.04. The molecule has 0 atom stereocenters. The van der Waals surface area contributed by atoms with Crippen LogP contribution < -0.4 is 10.6 Å². The second kappa shape index (κ2) is 4.88. The first-order chi connectivity index (χ1) is 8.46. The van der Waals surface area contributed by atoms with Gasteiger partial charge >= 0.3 is 6.09 Å². The van der Waals surface area contributed by atoms with Crippen molar-refractivity contribution in [3.63, 3.8) is 0 Å². The highest BCUT2D eigenvalue weighted by Gasteiger charge is 2.18. The van der Waals surface area contributed by atoms with Crippen molar-refractivity contribution in [1.29, 1.82) is 0 Å². The Kier molecular flexibility index (Phi) is 3.45. The molecule has 0 saturated heterocycles. The summed E-state index contributed by atoms with van der Waals surface area (Å²) < 4.78 is 5.26. The minimum absolute atomic E-state index is 0.401. The van der Waals surface area contributed by atoms with Gasteiger partial charge in [-0.2, -0.15) is 0 Å². The Morgan fingerprint density at radius 3 is 2.89 bits per heavy atom. The predicted octanol–water partition coefficient (Wildman–Crippen LogP) is 3.39. The zero-order valence-corrected chi connectivity index (χ0v) is 11.2. The standard InChI is InChI=1S/C14H20N2O2/c1-14(2,3)18-13(17)16-12-8-4-7-11-10(12)6-5-9-15-11/h4,7-8,15H,5-6,9H2,1-3H3,(H,16,17). The van der Waals surface area contributed by atoms with E-state index in [4.69, 9.17) is 4.74 Å². The van der Waals surface area contributed by atoms with E-state index >= 15 is 0 Å². The van der Waals surface area contributed by atoms with Gasteiger partial charge < -0.3 is 10.1 Å². The number of rotatable bonds is 1. The van der Waals surface area contributed by atoms with Gasteiger partial charge in [0, 0.05) is 17.9 Å². The number of nitrogens with one attached hydrogen (secondary N) is 2. The lowest BCUT2D eigenvalue weighted by Crippen LogP contribution is -2.27. The Labute approximate surface area is 108 Å². The van der Waals surface area contributed by atoms with E-state index in [-0.39, 0.29) is 0 Å². The highest BCUT2D eigenvalue weighted by Crippen LogP contribution is 2.29. The van der Waals surface area contributed by atoms with E-state index in [1.807, 2.05) is 39.0 Å². The summed E-state index contributed by atoms with van der Waals surface area (Å²) in [6, 6.07) is 5.88. The molecule has 1 amide bonds. The molecular weight excluding hydrogens is 228 g/mol. The van der Waals surface area contributed by atoms with Crippen LogP contribution in [0.2, 0.25) is 0 Å². The summed E-state index contributed by atoms with van der Waals surface area (Å²) in [5.74, 6) is 0. The van der Waals surface area contributed by atoms with Gasteiger partial charge in [0.1, 0.15) is 5.60 Å². The maximum absolute atomic E-state index is 11.8. The molecule has 0 bridgehead atoms. The molecule has 98 valence electrons. The number of ether oxygens (including phenoxy) is 1. The quantitative estimate of drug-likeness (QED) is 0.801. The fraction of sp³-hybridized carbons (Fsp3) is 0.500. The molecule has 1 aromatic rings. The molecule has 0 aromatic heterocycles. The number of amides is 1. The molecular formula is C14H20N2O2. The van der Waals surface area contributed by atoms with Crippen LogP contribution in [-0.4, -0.2) is 18.2 Å². The van der Waals surface area contributed by atoms with Gasteiger partial charge in [0.05, 0.1) is 0 Å². The average Bonchev–Trinajstić information content (AvgIpc) is 2.27. The monoisotopic (exact) mass is 248 g/mol. The lowest BCUT2D eigenvalue weighted by atomic mass is 10.0. The lowest BCUT2D eigenvalue weighted by molar-refractivity contribution is 0.0636. The molecule has 1 aliphatic heterocycles. The molecule has 1 heterocycles. The summed E-state index contributed by atoms with van der Waals surface area (Å²) in [4.78, 5) is 11.8. The van der Waals surface area contributed by atoms with Gasteiger partial charge in [-0.05, 0) is 51.3 Å². The van der Waals surface area contributed by atoms with Crippen LogP contribution in [0.4, 0.5) is 16.2 Å². The summed E-state index contributed by atoms with van der Waals surface area (Å²) in [5.41, 5.74) is 2.63. The number of fused-ring (bicyclic) bond motifs is 1. The minimum Gasteiger partial charge on any atom is -0.444 e. The molecule has 1 aromatic carbocycles. The molecule has 0 saturated carbocycles. The normalized spacial score (nSPS) is 14.4. The van der Waals surface area contributed by atoms with Gasteiger partial charge in [-0.1, -0.05) is 6.07 Å². The van der Waals surface area contributed by atoms with Crippen molar-refractivity contribution in [3.05, 3.63) is 23.8 Å². The summed E-state index contributed by atoms with van der Waals surface area (Å²) in [5, 5.41) is 6.16. The number of benzene rings is 1. The minimum atomic E-state index is -0.475. The molecule has 1 aliphatic rings. The highest BCUT2D eigenvalue weighted by molar-refractivity contribution is 5.87. The second-order valence-corrected chi connectivity index (χ2v) is 5.49. The Morgan fingerprint density at radius 1 is 1.39 bits per heavy atom. The van der Waals surface area contributed by atoms with Crippen LogP contribution in [0.3, 0.4) is 0 Å². The van der Waals surface area contributed by atoms with Crippen molar-refractivity contribution in [3.8, 4) is 0 Å². The van der Waals surface area contributed by atoms with Gasteiger partial charge in [0.2, 0.25) is 0 Å². The summed E-state index contributed by atoms with van der Waals surface area (Å²) in [7, 11) is 0. The Bertz CT molecular complexity index is 450. The van der Waals surface area contributed by atoms with Crippen molar-refractivity contribution in [2.24, 2.45) is 0 Å². The largest absolute Gasteiger partial charge is 0.444 e. The Hall–Kier alpha value is -1.71. The van der Waals surface area contributed by atoms with E-state index < -0.39 is 11.7 Å². The predicted molar refractivity (Wildman–Crippen MR) is 73.1 cm³/mol. The third-order valence-corrected chi connectivity index (χ3v) is 2.73. The molecule has 4 heteroatoms. The van der Waals surface area contributed by atoms with Gasteiger partial charge in [-0.25, -0.2) is 4.79 Å². The number of hydrogen-bond acceptors (Lipinski definition) is 3. The van der Waals surface area contributed by atoms with Crippen LogP contribution in [0, 0.1) is 0 Å². The Morgan fingerprint density at radius 2 is 2.17 bits per heavy atom. The van der Waals surface area contributed by atoms with Crippen LogP contribution >= 0.6 is 0 Å². The van der Waals surface area contributed by atoms with Crippen LogP contribution in [-0.2, 0) is 11.2 Å². The van der Waals surface area contributed by atoms with Gasteiger partial charge in [-0.3, -0.25) is 5.32 Å². The van der Waals surface area contributed by atoms with Crippen LogP contribution in [0.1, 0.15) is 32.8 Å². The van der Waals surface area contributed by atoms with Gasteiger partial charge in [0.25, 0.3) is 0 Å². The number of hydrogen-bond donors (Lipinski definition) is 2. The summed E-state index contributed by atoms with van der Waals surface area (Å²) in [6.07, 6.45) is 1.66. The molecule has 0 aliphatic carbocycles. The molecule has 18 heavy (non-hydrogen) atoms. The van der Waals surface area contributed by atoms with Crippen molar-refractivity contribution in [1.82, 2.24) is 0 Å². The highest BCUT2D eigenvalue weighted by atomic mass is 16.6. The topological polar surface area (TPSA) is 50.4 Å². The first-order valence-corrected chi connectivity index (χ1v) is 6.31. The molecule has 0 spiro atoms. The average molecular weight is 248 g/mol. The number of carbonyl (C=O) groups excluding carboxylic acids is 1. The zero-order chi connectivity index (χ0) is 13.2. The molecule has 2 N–H and O–H groups in total. The summed E-state index contributed by atoms with van der Waals surface area (Å²) >= 11 is 0. The van der Waals surface area contributed by atoms with E-state index in [9.17, 15) is 4.79 Å². The van der Waals surface area contributed by atoms with E-state index in [2.05, 4.69) is 10.6 Å². The third-order valence-electron chi connectivity index (χ3n) is 2.73. The van der Waals surface area contributed by atoms with Crippen molar-refractivity contribution < 1.29 is 9.53 Å². The van der Waals surface area contributed by atoms with Crippen molar-refractivity contribution >= 4 is 17.5 Å². The summed E-state index contributed by atoms with van der Waals surface area (Å²) in [6.45, 7) is 6.56. The SMILES string of the molecule is CC(C)(C)OC(=O)Nc1cccc2c1CCCN2. The Balaban J connectivity index is 2.12. The van der Waals surface area contributed by atoms with E-state index in [1.165, 1.54) is 0 Å². The maximum Gasteiger partial charge on any atom is 0.412 e. The zero-order valence-electron chi connectivity index (χ0n) is 11.2. The van der Waals surface area contributed by atoms with Crippen LogP contribution in [0.25, 0.3) is 0 Å². The van der Waals surface area contributed by atoms with E-state index in [0.29, 0.717) is 0 Å². The first kappa shape index (κ1) is 12.7.